The fraction of sp³-hybridized carbons (Fsp3) is 0.348. The van der Waals surface area contributed by atoms with Crippen molar-refractivity contribution in [2.24, 2.45) is 11.8 Å². The van der Waals surface area contributed by atoms with Crippen molar-refractivity contribution in [3.63, 3.8) is 0 Å². The van der Waals surface area contributed by atoms with Crippen LogP contribution < -0.4 is 0 Å². The molecule has 152 valence electrons. The number of carbonyl (C=O) groups excluding carboxylic acids is 3. The SMILES string of the molecule is COC(=O)C1CC(OC(=O)C(Cc2ccccc2)C(=O)OC)(c2ccccc2)C1. The van der Waals surface area contributed by atoms with Crippen LogP contribution in [0.5, 0.6) is 0 Å². The zero-order chi connectivity index (χ0) is 20.9. The van der Waals surface area contributed by atoms with Crippen LogP contribution in [-0.2, 0) is 40.6 Å². The van der Waals surface area contributed by atoms with Gasteiger partial charge < -0.3 is 14.2 Å². The summed E-state index contributed by atoms with van der Waals surface area (Å²) in [6.07, 6.45) is 0.807. The normalized spacial score (nSPS) is 21.4. The van der Waals surface area contributed by atoms with Crippen LogP contribution in [0, 0.1) is 11.8 Å². The molecule has 29 heavy (non-hydrogen) atoms. The fourth-order valence-corrected chi connectivity index (χ4v) is 3.71. The minimum atomic E-state index is -1.08. The molecular formula is C23H24O6. The van der Waals surface area contributed by atoms with Gasteiger partial charge >= 0.3 is 17.9 Å². The first-order valence-electron chi connectivity index (χ1n) is 9.47. The van der Waals surface area contributed by atoms with E-state index in [1.807, 2.05) is 60.7 Å². The largest absolute Gasteiger partial charge is 0.469 e. The molecule has 6 nitrogen and oxygen atoms in total. The van der Waals surface area contributed by atoms with Crippen molar-refractivity contribution in [2.75, 3.05) is 14.2 Å². The second-order valence-electron chi connectivity index (χ2n) is 7.18. The van der Waals surface area contributed by atoms with Crippen LogP contribution in [-0.4, -0.2) is 32.1 Å². The van der Waals surface area contributed by atoms with Gasteiger partial charge in [-0.2, -0.15) is 0 Å². The average Bonchev–Trinajstić information content (AvgIpc) is 2.74. The molecule has 1 atom stereocenters. The number of rotatable bonds is 7. The monoisotopic (exact) mass is 396 g/mol. The quantitative estimate of drug-likeness (QED) is 0.407. The third kappa shape index (κ3) is 4.47. The Balaban J connectivity index is 1.83. The molecule has 0 saturated heterocycles. The smallest absolute Gasteiger partial charge is 0.321 e. The second-order valence-corrected chi connectivity index (χ2v) is 7.18. The highest BCUT2D eigenvalue weighted by molar-refractivity contribution is 5.95. The van der Waals surface area contributed by atoms with Crippen LogP contribution in [0.4, 0.5) is 0 Å². The number of hydrogen-bond donors (Lipinski definition) is 0. The Bertz CT molecular complexity index is 855. The minimum absolute atomic E-state index is 0.178. The summed E-state index contributed by atoms with van der Waals surface area (Å²) in [7, 11) is 2.58. The molecule has 6 heteroatoms. The van der Waals surface area contributed by atoms with Crippen molar-refractivity contribution in [1.29, 1.82) is 0 Å². The first kappa shape index (κ1) is 20.6. The zero-order valence-electron chi connectivity index (χ0n) is 16.5. The summed E-state index contributed by atoms with van der Waals surface area (Å²) in [6, 6.07) is 18.5. The summed E-state index contributed by atoms with van der Waals surface area (Å²) in [5.41, 5.74) is 0.659. The third-order valence-corrected chi connectivity index (χ3v) is 5.34. The molecule has 1 unspecified atom stereocenters. The molecule has 0 spiro atoms. The lowest BCUT2D eigenvalue weighted by atomic mass is 9.67. The molecule has 0 radical (unpaired) electrons. The summed E-state index contributed by atoms with van der Waals surface area (Å²) in [6.45, 7) is 0. The summed E-state index contributed by atoms with van der Waals surface area (Å²) < 4.78 is 15.6. The molecule has 1 aliphatic carbocycles. The Kier molecular flexibility index (Phi) is 6.32. The van der Waals surface area contributed by atoms with Crippen molar-refractivity contribution in [2.45, 2.75) is 24.9 Å². The van der Waals surface area contributed by atoms with Gasteiger partial charge in [-0.05, 0) is 17.5 Å². The van der Waals surface area contributed by atoms with Crippen LogP contribution in [0.2, 0.25) is 0 Å². The van der Waals surface area contributed by atoms with Crippen molar-refractivity contribution in [3.05, 3.63) is 71.8 Å². The molecule has 3 rings (SSSR count). The van der Waals surface area contributed by atoms with E-state index < -0.39 is 23.5 Å². The lowest BCUT2D eigenvalue weighted by molar-refractivity contribution is -0.194. The highest BCUT2D eigenvalue weighted by Gasteiger charge is 2.53. The van der Waals surface area contributed by atoms with Crippen LogP contribution in [0.3, 0.4) is 0 Å². The van der Waals surface area contributed by atoms with E-state index in [1.54, 1.807) is 0 Å². The summed E-state index contributed by atoms with van der Waals surface area (Å²) >= 11 is 0. The van der Waals surface area contributed by atoms with Gasteiger partial charge in [0.1, 0.15) is 5.60 Å². The topological polar surface area (TPSA) is 78.9 Å². The number of benzene rings is 2. The van der Waals surface area contributed by atoms with Crippen molar-refractivity contribution >= 4 is 17.9 Å². The Hall–Kier alpha value is -3.15. The molecular weight excluding hydrogens is 372 g/mol. The molecule has 2 aromatic rings. The molecule has 0 bridgehead atoms. The van der Waals surface area contributed by atoms with E-state index in [0.29, 0.717) is 12.8 Å². The maximum Gasteiger partial charge on any atom is 0.321 e. The van der Waals surface area contributed by atoms with E-state index in [9.17, 15) is 14.4 Å². The molecule has 1 saturated carbocycles. The van der Waals surface area contributed by atoms with Crippen molar-refractivity contribution in [1.82, 2.24) is 0 Å². The molecule has 0 aliphatic heterocycles. The highest BCUT2D eigenvalue weighted by atomic mass is 16.6. The van der Waals surface area contributed by atoms with Gasteiger partial charge in [0.15, 0.2) is 5.92 Å². The van der Waals surface area contributed by atoms with E-state index in [2.05, 4.69) is 0 Å². The Labute approximate surface area is 169 Å². The van der Waals surface area contributed by atoms with Gasteiger partial charge in [-0.25, -0.2) is 0 Å². The zero-order valence-corrected chi connectivity index (χ0v) is 16.5. The summed E-state index contributed by atoms with van der Waals surface area (Å²) in [4.78, 5) is 37.2. The maximum absolute atomic E-state index is 13.0. The predicted octanol–water partition coefficient (Wildman–Crippen LogP) is 3.04. The van der Waals surface area contributed by atoms with Crippen molar-refractivity contribution < 1.29 is 28.6 Å². The first-order chi connectivity index (χ1) is 14.0. The van der Waals surface area contributed by atoms with Gasteiger partial charge in [-0.1, -0.05) is 60.7 Å². The third-order valence-electron chi connectivity index (χ3n) is 5.34. The number of methoxy groups -OCH3 is 2. The molecule has 0 heterocycles. The first-order valence-corrected chi connectivity index (χ1v) is 9.47. The van der Waals surface area contributed by atoms with Crippen LogP contribution in [0.1, 0.15) is 24.0 Å². The molecule has 1 fully saturated rings. The highest BCUT2D eigenvalue weighted by Crippen LogP contribution is 2.49. The minimum Gasteiger partial charge on any atom is -0.469 e. The Morgan fingerprint density at radius 3 is 2.03 bits per heavy atom. The average molecular weight is 396 g/mol. The van der Waals surface area contributed by atoms with Crippen molar-refractivity contribution in [3.8, 4) is 0 Å². The van der Waals surface area contributed by atoms with E-state index in [1.165, 1.54) is 14.2 Å². The lowest BCUT2D eigenvalue weighted by Gasteiger charge is -2.46. The fourth-order valence-electron chi connectivity index (χ4n) is 3.71. The van der Waals surface area contributed by atoms with Gasteiger partial charge in [0, 0.05) is 12.8 Å². The Morgan fingerprint density at radius 1 is 0.897 bits per heavy atom. The van der Waals surface area contributed by atoms with Crippen LogP contribution >= 0.6 is 0 Å². The number of carbonyl (C=O) groups is 3. The molecule has 2 aromatic carbocycles. The van der Waals surface area contributed by atoms with E-state index in [0.717, 1.165) is 11.1 Å². The summed E-state index contributed by atoms with van der Waals surface area (Å²) in [5, 5.41) is 0. The molecule has 1 aliphatic rings. The maximum atomic E-state index is 13.0. The molecule has 0 amide bonds. The van der Waals surface area contributed by atoms with E-state index >= 15 is 0 Å². The van der Waals surface area contributed by atoms with Gasteiger partial charge in [-0.15, -0.1) is 0 Å². The summed E-state index contributed by atoms with van der Waals surface area (Å²) in [5.74, 6) is -3.07. The molecule has 0 N–H and O–H groups in total. The molecule has 0 aromatic heterocycles. The van der Waals surface area contributed by atoms with Gasteiger partial charge in [0.25, 0.3) is 0 Å². The number of esters is 3. The second kappa shape index (κ2) is 8.90. The van der Waals surface area contributed by atoms with E-state index in [4.69, 9.17) is 14.2 Å². The predicted molar refractivity (Wildman–Crippen MR) is 105 cm³/mol. The van der Waals surface area contributed by atoms with Gasteiger partial charge in [-0.3, -0.25) is 14.4 Å². The number of ether oxygens (including phenoxy) is 3. The Morgan fingerprint density at radius 2 is 1.48 bits per heavy atom. The van der Waals surface area contributed by atoms with Crippen LogP contribution in [0.15, 0.2) is 60.7 Å². The lowest BCUT2D eigenvalue weighted by Crippen LogP contribution is -2.49. The van der Waals surface area contributed by atoms with E-state index in [-0.39, 0.29) is 18.3 Å². The van der Waals surface area contributed by atoms with Gasteiger partial charge in [0.2, 0.25) is 0 Å². The van der Waals surface area contributed by atoms with Crippen LogP contribution in [0.25, 0.3) is 0 Å². The standard InChI is InChI=1S/C23H24O6/c1-27-20(24)17-14-23(15-17,18-11-7-4-8-12-18)29-22(26)19(21(25)28-2)13-16-9-5-3-6-10-16/h3-12,17,19H,13-15H2,1-2H3. The van der Waals surface area contributed by atoms with Gasteiger partial charge in [0.05, 0.1) is 20.1 Å². The number of hydrogen-bond acceptors (Lipinski definition) is 6.